The molecule has 1 fully saturated rings. The fourth-order valence-corrected chi connectivity index (χ4v) is 2.22. The normalized spacial score (nSPS) is 20.2. The fraction of sp³-hybridized carbons (Fsp3) is 0.462. The summed E-state index contributed by atoms with van der Waals surface area (Å²) in [7, 11) is 0. The van der Waals surface area contributed by atoms with Crippen LogP contribution < -0.4 is 0 Å². The molecule has 0 aromatic heterocycles. The smallest absolute Gasteiger partial charge is 0.330 e. The van der Waals surface area contributed by atoms with Gasteiger partial charge in [0.25, 0.3) is 0 Å². The van der Waals surface area contributed by atoms with Gasteiger partial charge in [0, 0.05) is 6.54 Å². The molecule has 1 heterocycles. The predicted octanol–water partition coefficient (Wildman–Crippen LogP) is 2.58. The highest BCUT2D eigenvalue weighted by molar-refractivity contribution is 5.79. The Hall–Kier alpha value is -1.52. The maximum absolute atomic E-state index is 12.7. The summed E-state index contributed by atoms with van der Waals surface area (Å²) in [5.74, 6) is -0.463. The van der Waals surface area contributed by atoms with Crippen LogP contribution in [0, 0.1) is 6.07 Å². The third kappa shape index (κ3) is 2.83. The molecule has 18 heavy (non-hydrogen) atoms. The van der Waals surface area contributed by atoms with Gasteiger partial charge in [-0.05, 0) is 24.5 Å². The first-order valence-corrected chi connectivity index (χ1v) is 5.79. The van der Waals surface area contributed by atoms with Crippen LogP contribution >= 0.6 is 0 Å². The lowest BCUT2D eigenvalue weighted by Crippen LogP contribution is -2.45. The lowest BCUT2D eigenvalue weighted by molar-refractivity contribution is -0.182. The van der Waals surface area contributed by atoms with Crippen LogP contribution in [0.15, 0.2) is 24.3 Å². The monoisotopic (exact) mass is 256 g/mol. The molecule has 97 valence electrons. The van der Waals surface area contributed by atoms with E-state index in [1.165, 1.54) is 0 Å². The van der Waals surface area contributed by atoms with Crippen molar-refractivity contribution in [2.75, 3.05) is 6.54 Å². The molecule has 0 N–H and O–H groups in total. The van der Waals surface area contributed by atoms with Crippen LogP contribution in [-0.4, -0.2) is 29.6 Å². The highest BCUT2D eigenvalue weighted by Crippen LogP contribution is 2.32. The Labute approximate surface area is 103 Å². The fourth-order valence-electron chi connectivity index (χ4n) is 2.22. The number of likely N-dealkylation sites (tertiary alicyclic amines) is 1. The van der Waals surface area contributed by atoms with E-state index in [-0.39, 0.29) is 19.4 Å². The van der Waals surface area contributed by atoms with E-state index >= 15 is 0 Å². The van der Waals surface area contributed by atoms with Gasteiger partial charge < -0.3 is 4.90 Å². The van der Waals surface area contributed by atoms with E-state index in [9.17, 15) is 18.0 Å². The number of nitrogens with zero attached hydrogens (tertiary/aromatic N) is 1. The molecule has 0 saturated carbocycles. The number of alkyl halides is 3. The Balaban J connectivity index is 2.05. The minimum atomic E-state index is -4.32. The lowest BCUT2D eigenvalue weighted by Gasteiger charge is -2.26. The SMILES string of the molecule is O=C(Cc1c[c]ccc1)N1CCC[C@@H]1C(F)(F)F. The number of hydrogen-bond acceptors (Lipinski definition) is 1. The van der Waals surface area contributed by atoms with Crippen molar-refractivity contribution >= 4 is 5.91 Å². The summed E-state index contributed by atoms with van der Waals surface area (Å²) >= 11 is 0. The van der Waals surface area contributed by atoms with Crippen molar-refractivity contribution in [2.24, 2.45) is 0 Å². The molecule has 1 aliphatic heterocycles. The Morgan fingerprint density at radius 1 is 1.50 bits per heavy atom. The molecule has 2 nitrogen and oxygen atoms in total. The molecular formula is C13H13F3NO. The molecule has 2 rings (SSSR count). The second-order valence-corrected chi connectivity index (χ2v) is 4.38. The van der Waals surface area contributed by atoms with Crippen molar-refractivity contribution in [3.8, 4) is 0 Å². The number of halogens is 3. The number of carbonyl (C=O) groups is 1. The molecule has 1 amide bonds. The number of rotatable bonds is 2. The molecule has 1 aromatic carbocycles. The van der Waals surface area contributed by atoms with Crippen LogP contribution in [0.1, 0.15) is 18.4 Å². The van der Waals surface area contributed by atoms with Gasteiger partial charge in [-0.2, -0.15) is 13.2 Å². The summed E-state index contributed by atoms with van der Waals surface area (Å²) in [6.07, 6.45) is -3.90. The highest BCUT2D eigenvalue weighted by Gasteiger charge is 2.47. The number of benzene rings is 1. The van der Waals surface area contributed by atoms with E-state index < -0.39 is 18.1 Å². The molecule has 1 aromatic rings. The van der Waals surface area contributed by atoms with Crippen molar-refractivity contribution in [1.29, 1.82) is 0 Å². The maximum atomic E-state index is 12.7. The third-order valence-electron chi connectivity index (χ3n) is 3.08. The molecule has 0 spiro atoms. The van der Waals surface area contributed by atoms with Crippen LogP contribution in [0.3, 0.4) is 0 Å². The van der Waals surface area contributed by atoms with E-state index in [1.807, 2.05) is 0 Å². The van der Waals surface area contributed by atoms with Crippen molar-refractivity contribution in [2.45, 2.75) is 31.5 Å². The number of hydrogen-bond donors (Lipinski definition) is 0. The van der Waals surface area contributed by atoms with E-state index in [0.29, 0.717) is 12.0 Å². The van der Waals surface area contributed by atoms with Gasteiger partial charge in [-0.15, -0.1) is 0 Å². The van der Waals surface area contributed by atoms with Gasteiger partial charge >= 0.3 is 6.18 Å². The van der Waals surface area contributed by atoms with E-state index in [4.69, 9.17) is 0 Å². The minimum Gasteiger partial charge on any atom is -0.330 e. The van der Waals surface area contributed by atoms with Crippen molar-refractivity contribution in [1.82, 2.24) is 4.90 Å². The van der Waals surface area contributed by atoms with Gasteiger partial charge in [0.05, 0.1) is 6.42 Å². The maximum Gasteiger partial charge on any atom is 0.408 e. The average molecular weight is 256 g/mol. The molecule has 0 unspecified atom stereocenters. The molecule has 5 heteroatoms. The molecule has 1 aliphatic rings. The van der Waals surface area contributed by atoms with Crippen LogP contribution in [-0.2, 0) is 11.2 Å². The lowest BCUT2D eigenvalue weighted by atomic mass is 10.1. The molecule has 1 atom stereocenters. The number of carbonyl (C=O) groups excluding carboxylic acids is 1. The first-order chi connectivity index (χ1) is 8.48. The van der Waals surface area contributed by atoms with Crippen molar-refractivity contribution < 1.29 is 18.0 Å². The van der Waals surface area contributed by atoms with Crippen LogP contribution in [0.4, 0.5) is 13.2 Å². The Morgan fingerprint density at radius 2 is 2.28 bits per heavy atom. The summed E-state index contributed by atoms with van der Waals surface area (Å²) in [4.78, 5) is 12.8. The van der Waals surface area contributed by atoms with Crippen LogP contribution in [0.2, 0.25) is 0 Å². The first-order valence-electron chi connectivity index (χ1n) is 5.79. The van der Waals surface area contributed by atoms with Gasteiger partial charge in [0.2, 0.25) is 5.91 Å². The Morgan fingerprint density at radius 3 is 2.89 bits per heavy atom. The summed E-state index contributed by atoms with van der Waals surface area (Å²) in [6, 6.07) is 7.93. The van der Waals surface area contributed by atoms with Crippen LogP contribution in [0.5, 0.6) is 0 Å². The zero-order valence-corrected chi connectivity index (χ0v) is 9.70. The second kappa shape index (κ2) is 5.00. The minimum absolute atomic E-state index is 0.00389. The van der Waals surface area contributed by atoms with Gasteiger partial charge in [-0.25, -0.2) is 0 Å². The summed E-state index contributed by atoms with van der Waals surface area (Å²) in [5, 5.41) is 0. The third-order valence-corrected chi connectivity index (χ3v) is 3.08. The molecule has 1 saturated heterocycles. The molecule has 1 radical (unpaired) electrons. The van der Waals surface area contributed by atoms with Crippen LogP contribution in [0.25, 0.3) is 0 Å². The Kier molecular flexibility index (Phi) is 3.59. The van der Waals surface area contributed by atoms with Gasteiger partial charge in [-0.1, -0.05) is 24.3 Å². The molecular weight excluding hydrogens is 243 g/mol. The average Bonchev–Trinajstić information content (AvgIpc) is 2.79. The zero-order chi connectivity index (χ0) is 13.2. The quantitative estimate of drug-likeness (QED) is 0.796. The number of amides is 1. The van der Waals surface area contributed by atoms with E-state index in [1.54, 1.807) is 24.3 Å². The predicted molar refractivity (Wildman–Crippen MR) is 59.8 cm³/mol. The standard InChI is InChI=1S/C13H13F3NO/c14-13(15,16)11-7-4-8-17(11)12(18)9-10-5-2-1-3-6-10/h1-2,5-6,11H,4,7-9H2/t11-/m1/s1. The highest BCUT2D eigenvalue weighted by atomic mass is 19.4. The van der Waals surface area contributed by atoms with E-state index in [2.05, 4.69) is 6.07 Å². The molecule has 0 aliphatic carbocycles. The first kappa shape index (κ1) is 12.9. The summed E-state index contributed by atoms with van der Waals surface area (Å²) < 4.78 is 38.1. The van der Waals surface area contributed by atoms with Gasteiger partial charge in [0.15, 0.2) is 0 Å². The van der Waals surface area contributed by atoms with Crippen molar-refractivity contribution in [3.63, 3.8) is 0 Å². The second-order valence-electron chi connectivity index (χ2n) is 4.38. The topological polar surface area (TPSA) is 20.3 Å². The van der Waals surface area contributed by atoms with Gasteiger partial charge in [-0.3, -0.25) is 4.79 Å². The van der Waals surface area contributed by atoms with E-state index in [0.717, 1.165) is 4.90 Å². The zero-order valence-electron chi connectivity index (χ0n) is 9.70. The summed E-state index contributed by atoms with van der Waals surface area (Å²) in [5.41, 5.74) is 0.690. The molecule has 0 bridgehead atoms. The summed E-state index contributed by atoms with van der Waals surface area (Å²) in [6.45, 7) is 0.194. The Bertz CT molecular complexity index is 416. The van der Waals surface area contributed by atoms with Crippen molar-refractivity contribution in [3.05, 3.63) is 35.9 Å². The van der Waals surface area contributed by atoms with Gasteiger partial charge in [0.1, 0.15) is 6.04 Å². The largest absolute Gasteiger partial charge is 0.408 e.